The van der Waals surface area contributed by atoms with E-state index in [0.717, 1.165) is 17.5 Å². The summed E-state index contributed by atoms with van der Waals surface area (Å²) in [4.78, 5) is 12.2. The van der Waals surface area contributed by atoms with E-state index in [-0.39, 0.29) is 18.5 Å². The maximum Gasteiger partial charge on any atom is 0.233 e. The number of hydrogen-bond donors (Lipinski definition) is 2. The minimum absolute atomic E-state index is 0.0202. The molecule has 0 aliphatic heterocycles. The Bertz CT molecular complexity index is 972. The molecule has 0 bridgehead atoms. The molecule has 5 heteroatoms. The van der Waals surface area contributed by atoms with E-state index in [2.05, 4.69) is 54.0 Å². The highest BCUT2D eigenvalue weighted by atomic mass is 16.5. The highest BCUT2D eigenvalue weighted by Crippen LogP contribution is 2.27. The van der Waals surface area contributed by atoms with Gasteiger partial charge in [-0.2, -0.15) is 0 Å². The van der Waals surface area contributed by atoms with Crippen molar-refractivity contribution in [3.63, 3.8) is 0 Å². The minimum atomic E-state index is -0.0202. The first kappa shape index (κ1) is 22.4. The third kappa shape index (κ3) is 6.33. The van der Waals surface area contributed by atoms with Gasteiger partial charge in [-0.3, -0.25) is 4.79 Å². The summed E-state index contributed by atoms with van der Waals surface area (Å²) in [6.07, 6.45) is 0.725. The van der Waals surface area contributed by atoms with Crippen molar-refractivity contribution >= 4 is 5.91 Å². The summed E-state index contributed by atoms with van der Waals surface area (Å²) in [5.41, 5.74) is 4.61. The van der Waals surface area contributed by atoms with E-state index in [9.17, 15) is 4.79 Å². The van der Waals surface area contributed by atoms with Gasteiger partial charge in [0.05, 0.1) is 20.8 Å². The van der Waals surface area contributed by atoms with Crippen LogP contribution in [0.4, 0.5) is 0 Å². The summed E-state index contributed by atoms with van der Waals surface area (Å²) in [7, 11) is 3.23. The average Bonchev–Trinajstić information content (AvgIpc) is 2.83. The molecule has 0 radical (unpaired) electrons. The number of rotatable bonds is 10. The summed E-state index contributed by atoms with van der Waals surface area (Å²) >= 11 is 0. The fourth-order valence-electron chi connectivity index (χ4n) is 3.40. The zero-order chi connectivity index (χ0) is 22.1. The lowest BCUT2D eigenvalue weighted by Crippen LogP contribution is -2.36. The van der Waals surface area contributed by atoms with Crippen molar-refractivity contribution in [2.24, 2.45) is 0 Å². The van der Waals surface area contributed by atoms with Gasteiger partial charge in [0, 0.05) is 12.6 Å². The van der Waals surface area contributed by atoms with Crippen molar-refractivity contribution < 1.29 is 14.3 Å². The van der Waals surface area contributed by atoms with Gasteiger partial charge in [0.2, 0.25) is 5.91 Å². The lowest BCUT2D eigenvalue weighted by molar-refractivity contribution is -0.120. The number of carbonyl (C=O) groups excluding carboxylic acids is 1. The molecule has 0 spiro atoms. The molecule has 0 fully saturated rings. The summed E-state index contributed by atoms with van der Waals surface area (Å²) in [5.74, 6) is 1.37. The largest absolute Gasteiger partial charge is 0.493 e. The van der Waals surface area contributed by atoms with E-state index in [1.54, 1.807) is 14.2 Å². The molecular weight excluding hydrogens is 388 g/mol. The molecule has 3 aromatic rings. The van der Waals surface area contributed by atoms with E-state index in [1.807, 2.05) is 36.4 Å². The Morgan fingerprint density at radius 1 is 0.871 bits per heavy atom. The fourth-order valence-corrected chi connectivity index (χ4v) is 3.40. The van der Waals surface area contributed by atoms with Crippen molar-refractivity contribution in [2.75, 3.05) is 27.3 Å². The standard InChI is InChI=1S/C26H30N2O3/c1-19(21-10-12-23(13-11-21)22-7-5-4-6-8-22)28-18-26(29)27-16-15-20-9-14-24(30-2)25(17-20)31-3/h4-14,17,19,28H,15-16,18H2,1-3H3,(H,27,29). The molecule has 0 saturated carbocycles. The highest BCUT2D eigenvalue weighted by molar-refractivity contribution is 5.78. The van der Waals surface area contributed by atoms with Gasteiger partial charge < -0.3 is 20.1 Å². The zero-order valence-electron chi connectivity index (χ0n) is 18.4. The van der Waals surface area contributed by atoms with Gasteiger partial charge in [0.1, 0.15) is 0 Å². The predicted octanol–water partition coefficient (Wildman–Crippen LogP) is 4.38. The number of benzene rings is 3. The Morgan fingerprint density at radius 3 is 2.23 bits per heavy atom. The Balaban J connectivity index is 1.43. The van der Waals surface area contributed by atoms with Gasteiger partial charge in [0.15, 0.2) is 11.5 Å². The van der Waals surface area contributed by atoms with Crippen LogP contribution in [0.15, 0.2) is 72.8 Å². The topological polar surface area (TPSA) is 59.6 Å². The van der Waals surface area contributed by atoms with Crippen molar-refractivity contribution in [3.05, 3.63) is 83.9 Å². The first-order valence-corrected chi connectivity index (χ1v) is 10.5. The third-order valence-corrected chi connectivity index (χ3v) is 5.27. The average molecular weight is 419 g/mol. The molecule has 31 heavy (non-hydrogen) atoms. The van der Waals surface area contributed by atoms with Gasteiger partial charge >= 0.3 is 0 Å². The number of hydrogen-bond acceptors (Lipinski definition) is 4. The zero-order valence-corrected chi connectivity index (χ0v) is 18.4. The smallest absolute Gasteiger partial charge is 0.233 e. The fraction of sp³-hybridized carbons (Fsp3) is 0.269. The lowest BCUT2D eigenvalue weighted by Gasteiger charge is -2.15. The first-order chi connectivity index (χ1) is 15.1. The van der Waals surface area contributed by atoms with Crippen LogP contribution < -0.4 is 20.1 Å². The summed E-state index contributed by atoms with van der Waals surface area (Å²) in [6.45, 7) is 2.90. The lowest BCUT2D eigenvalue weighted by atomic mass is 10.0. The van der Waals surface area contributed by atoms with Crippen LogP contribution in [0, 0.1) is 0 Å². The van der Waals surface area contributed by atoms with Crippen molar-refractivity contribution in [3.8, 4) is 22.6 Å². The van der Waals surface area contributed by atoms with Crippen LogP contribution in [0.2, 0.25) is 0 Å². The molecule has 1 atom stereocenters. The van der Waals surface area contributed by atoms with E-state index < -0.39 is 0 Å². The predicted molar refractivity (Wildman–Crippen MR) is 125 cm³/mol. The molecular formula is C26H30N2O3. The first-order valence-electron chi connectivity index (χ1n) is 10.5. The van der Waals surface area contributed by atoms with Crippen LogP contribution in [-0.4, -0.2) is 33.2 Å². The molecule has 0 heterocycles. The van der Waals surface area contributed by atoms with Gasteiger partial charge in [-0.25, -0.2) is 0 Å². The second-order valence-electron chi connectivity index (χ2n) is 7.38. The number of nitrogens with one attached hydrogen (secondary N) is 2. The Kier molecular flexibility index (Phi) is 8.07. The van der Waals surface area contributed by atoms with Crippen molar-refractivity contribution in [1.29, 1.82) is 0 Å². The summed E-state index contributed by atoms with van der Waals surface area (Å²) < 4.78 is 10.6. The van der Waals surface area contributed by atoms with Gasteiger partial charge in [-0.15, -0.1) is 0 Å². The summed E-state index contributed by atoms with van der Waals surface area (Å²) in [6, 6.07) is 24.6. The molecule has 0 aliphatic carbocycles. The maximum atomic E-state index is 12.2. The Hall–Kier alpha value is -3.31. The second kappa shape index (κ2) is 11.2. The molecule has 3 aromatic carbocycles. The molecule has 5 nitrogen and oxygen atoms in total. The van der Waals surface area contributed by atoms with Crippen LogP contribution in [0.5, 0.6) is 11.5 Å². The second-order valence-corrected chi connectivity index (χ2v) is 7.38. The van der Waals surface area contributed by atoms with Gasteiger partial charge in [-0.05, 0) is 47.7 Å². The van der Waals surface area contributed by atoms with Crippen LogP contribution in [0.25, 0.3) is 11.1 Å². The molecule has 0 aliphatic rings. The number of methoxy groups -OCH3 is 2. The van der Waals surface area contributed by atoms with Crippen molar-refractivity contribution in [1.82, 2.24) is 10.6 Å². The molecule has 1 unspecified atom stereocenters. The highest BCUT2D eigenvalue weighted by Gasteiger charge is 2.09. The molecule has 2 N–H and O–H groups in total. The normalized spacial score (nSPS) is 11.6. The molecule has 0 saturated heterocycles. The maximum absolute atomic E-state index is 12.2. The molecule has 1 amide bonds. The van der Waals surface area contributed by atoms with Gasteiger partial charge in [-0.1, -0.05) is 60.7 Å². The van der Waals surface area contributed by atoms with E-state index in [0.29, 0.717) is 18.0 Å². The molecule has 3 rings (SSSR count). The SMILES string of the molecule is COc1ccc(CCNC(=O)CNC(C)c2ccc(-c3ccccc3)cc2)cc1OC. The molecule has 162 valence electrons. The monoisotopic (exact) mass is 418 g/mol. The quantitative estimate of drug-likeness (QED) is 0.513. The third-order valence-electron chi connectivity index (χ3n) is 5.27. The number of carbonyl (C=O) groups is 1. The van der Waals surface area contributed by atoms with Crippen molar-refractivity contribution in [2.45, 2.75) is 19.4 Å². The van der Waals surface area contributed by atoms with E-state index >= 15 is 0 Å². The van der Waals surface area contributed by atoms with Crippen LogP contribution in [0.1, 0.15) is 24.1 Å². The van der Waals surface area contributed by atoms with Gasteiger partial charge in [0.25, 0.3) is 0 Å². The number of amides is 1. The molecule has 0 aromatic heterocycles. The Morgan fingerprint density at radius 2 is 1.55 bits per heavy atom. The number of ether oxygens (including phenoxy) is 2. The van der Waals surface area contributed by atoms with Crippen LogP contribution in [-0.2, 0) is 11.2 Å². The van der Waals surface area contributed by atoms with E-state index in [4.69, 9.17) is 9.47 Å². The Labute approximate surface area is 184 Å². The minimum Gasteiger partial charge on any atom is -0.493 e. The van der Waals surface area contributed by atoms with Crippen LogP contribution in [0.3, 0.4) is 0 Å². The van der Waals surface area contributed by atoms with E-state index in [1.165, 1.54) is 11.1 Å². The summed E-state index contributed by atoms with van der Waals surface area (Å²) in [5, 5.41) is 6.25. The van der Waals surface area contributed by atoms with Crippen LogP contribution >= 0.6 is 0 Å².